The number of aryl methyl sites for hydroxylation is 2. The molecule has 0 bridgehead atoms. The fourth-order valence-electron chi connectivity index (χ4n) is 2.20. The molecule has 1 unspecified atom stereocenters. The Morgan fingerprint density at radius 1 is 1.48 bits per heavy atom. The smallest absolute Gasteiger partial charge is 0.475 e. The number of aliphatic carboxylic acids is 1. The van der Waals surface area contributed by atoms with E-state index in [9.17, 15) is 18.0 Å². The molecule has 0 aromatic carbocycles. The van der Waals surface area contributed by atoms with E-state index in [0.717, 1.165) is 30.9 Å². The van der Waals surface area contributed by atoms with Gasteiger partial charge in [0.2, 0.25) is 0 Å². The summed E-state index contributed by atoms with van der Waals surface area (Å²) in [5, 5.41) is 15.3. The standard InChI is InChI=1S/C13H19N3OS.C2HF3O2/c1-9-6-12(16(3)15-9)7-11-8-14-5-4-13(11)18-10(2)17;3-2(4,5)1(6)7/h6-7,13-14H,4-5,8H2,1-3H3;(H,6,7)/b11-7+;. The van der Waals surface area contributed by atoms with Crippen LogP contribution in [0.15, 0.2) is 11.6 Å². The SMILES string of the molecule is CC(=O)SC1CCNC/C1=C\c1cc(C)nn1C.O=C(O)C(F)(F)F. The predicted octanol–water partition coefficient (Wildman–Crippen LogP) is 2.39. The number of hydrogen-bond acceptors (Lipinski definition) is 5. The predicted molar refractivity (Wildman–Crippen MR) is 89.2 cm³/mol. The highest BCUT2D eigenvalue weighted by atomic mass is 32.2. The van der Waals surface area contributed by atoms with Crippen molar-refractivity contribution in [2.75, 3.05) is 13.1 Å². The molecule has 25 heavy (non-hydrogen) atoms. The zero-order chi connectivity index (χ0) is 19.2. The van der Waals surface area contributed by atoms with Gasteiger partial charge in [-0.15, -0.1) is 0 Å². The van der Waals surface area contributed by atoms with Gasteiger partial charge >= 0.3 is 12.1 Å². The molecule has 0 aliphatic carbocycles. The molecule has 1 saturated heterocycles. The number of halogens is 3. The van der Waals surface area contributed by atoms with Crippen molar-refractivity contribution in [3.8, 4) is 0 Å². The molecule has 1 aliphatic rings. The van der Waals surface area contributed by atoms with Crippen molar-refractivity contribution in [1.29, 1.82) is 0 Å². The summed E-state index contributed by atoms with van der Waals surface area (Å²) in [6.07, 6.45) is -1.92. The monoisotopic (exact) mass is 379 g/mol. The van der Waals surface area contributed by atoms with Crippen molar-refractivity contribution >= 4 is 28.9 Å². The van der Waals surface area contributed by atoms with Gasteiger partial charge < -0.3 is 10.4 Å². The van der Waals surface area contributed by atoms with Crippen molar-refractivity contribution < 1.29 is 27.9 Å². The van der Waals surface area contributed by atoms with Gasteiger partial charge in [0, 0.05) is 25.8 Å². The summed E-state index contributed by atoms with van der Waals surface area (Å²) in [6, 6.07) is 2.07. The van der Waals surface area contributed by atoms with E-state index in [-0.39, 0.29) is 5.12 Å². The first-order valence-electron chi connectivity index (χ1n) is 7.40. The van der Waals surface area contributed by atoms with Crippen molar-refractivity contribution in [1.82, 2.24) is 15.1 Å². The number of aromatic nitrogens is 2. The summed E-state index contributed by atoms with van der Waals surface area (Å²) in [6.45, 7) is 5.46. The summed E-state index contributed by atoms with van der Waals surface area (Å²) in [5.41, 5.74) is 3.40. The van der Waals surface area contributed by atoms with E-state index in [1.165, 1.54) is 17.3 Å². The van der Waals surface area contributed by atoms with Gasteiger partial charge in [-0.3, -0.25) is 9.48 Å². The lowest BCUT2D eigenvalue weighted by atomic mass is 10.0. The van der Waals surface area contributed by atoms with Crippen LogP contribution in [0.2, 0.25) is 0 Å². The summed E-state index contributed by atoms with van der Waals surface area (Å²) >= 11 is 1.44. The highest BCUT2D eigenvalue weighted by molar-refractivity contribution is 8.14. The Kier molecular flexibility index (Phi) is 7.68. The van der Waals surface area contributed by atoms with Crippen LogP contribution >= 0.6 is 11.8 Å². The van der Waals surface area contributed by atoms with E-state index < -0.39 is 12.1 Å². The van der Waals surface area contributed by atoms with Gasteiger partial charge in [-0.1, -0.05) is 11.8 Å². The second-order valence-corrected chi connectivity index (χ2v) is 6.80. The lowest BCUT2D eigenvalue weighted by molar-refractivity contribution is -0.192. The molecule has 2 rings (SSSR count). The fourth-order valence-corrected chi connectivity index (χ4v) is 3.14. The molecule has 2 heterocycles. The fraction of sp³-hybridized carbons (Fsp3) is 0.533. The molecule has 0 amide bonds. The Balaban J connectivity index is 0.000000381. The van der Waals surface area contributed by atoms with Crippen molar-refractivity contribution in [3.05, 3.63) is 23.0 Å². The summed E-state index contributed by atoms with van der Waals surface area (Å²) in [4.78, 5) is 20.2. The van der Waals surface area contributed by atoms with Crippen LogP contribution in [0.25, 0.3) is 6.08 Å². The second kappa shape index (κ2) is 9.04. The number of carboxylic acids is 1. The number of alkyl halides is 3. The maximum Gasteiger partial charge on any atom is 0.490 e. The van der Waals surface area contributed by atoms with E-state index in [4.69, 9.17) is 9.90 Å². The third-order valence-corrected chi connectivity index (χ3v) is 4.40. The van der Waals surface area contributed by atoms with E-state index in [0.29, 0.717) is 5.25 Å². The zero-order valence-electron chi connectivity index (χ0n) is 14.1. The molecule has 140 valence electrons. The first kappa shape index (κ1) is 21.2. The zero-order valence-corrected chi connectivity index (χ0v) is 14.9. The van der Waals surface area contributed by atoms with Gasteiger partial charge in [0.1, 0.15) is 0 Å². The highest BCUT2D eigenvalue weighted by Crippen LogP contribution is 2.27. The summed E-state index contributed by atoms with van der Waals surface area (Å²) in [5.74, 6) is -2.76. The maximum absolute atomic E-state index is 11.3. The number of carboxylic acid groups (broad SMARTS) is 1. The molecular weight excluding hydrogens is 359 g/mol. The molecule has 0 spiro atoms. The number of piperidine rings is 1. The first-order chi connectivity index (χ1) is 11.5. The van der Waals surface area contributed by atoms with Crippen LogP contribution in [-0.2, 0) is 16.6 Å². The van der Waals surface area contributed by atoms with E-state index in [1.807, 2.05) is 18.7 Å². The van der Waals surface area contributed by atoms with Crippen LogP contribution in [0.5, 0.6) is 0 Å². The van der Waals surface area contributed by atoms with Crippen LogP contribution < -0.4 is 5.32 Å². The number of rotatable bonds is 2. The molecule has 1 aromatic rings. The van der Waals surface area contributed by atoms with E-state index in [1.54, 1.807) is 6.92 Å². The topological polar surface area (TPSA) is 84.2 Å². The summed E-state index contributed by atoms with van der Waals surface area (Å²) in [7, 11) is 1.95. The molecule has 6 nitrogen and oxygen atoms in total. The quantitative estimate of drug-likeness (QED) is 0.821. The minimum absolute atomic E-state index is 0.189. The van der Waals surface area contributed by atoms with Crippen LogP contribution in [0, 0.1) is 6.92 Å². The average molecular weight is 379 g/mol. The Morgan fingerprint density at radius 3 is 2.52 bits per heavy atom. The number of carbonyl (C=O) groups excluding carboxylic acids is 1. The van der Waals surface area contributed by atoms with Gasteiger partial charge in [0.05, 0.1) is 11.4 Å². The third-order valence-electron chi connectivity index (χ3n) is 3.25. The Bertz CT molecular complexity index is 656. The Hall–Kier alpha value is -1.81. The molecule has 1 fully saturated rings. The Morgan fingerprint density at radius 2 is 2.08 bits per heavy atom. The maximum atomic E-state index is 11.3. The first-order valence-corrected chi connectivity index (χ1v) is 8.27. The summed E-state index contributed by atoms with van der Waals surface area (Å²) < 4.78 is 33.6. The normalized spacial score (nSPS) is 19.3. The lowest BCUT2D eigenvalue weighted by Crippen LogP contribution is -2.32. The molecule has 1 aromatic heterocycles. The minimum atomic E-state index is -5.08. The minimum Gasteiger partial charge on any atom is -0.475 e. The van der Waals surface area contributed by atoms with Crippen molar-refractivity contribution in [3.63, 3.8) is 0 Å². The Labute approximate surface area is 147 Å². The molecule has 0 saturated carbocycles. The van der Waals surface area contributed by atoms with E-state index in [2.05, 4.69) is 22.6 Å². The van der Waals surface area contributed by atoms with Gasteiger partial charge in [-0.2, -0.15) is 18.3 Å². The number of hydrogen-bond donors (Lipinski definition) is 2. The lowest BCUT2D eigenvalue weighted by Gasteiger charge is -2.24. The van der Waals surface area contributed by atoms with Crippen LogP contribution in [0.3, 0.4) is 0 Å². The average Bonchev–Trinajstić information content (AvgIpc) is 2.78. The molecular formula is C15H20F3N3O3S. The molecule has 2 N–H and O–H groups in total. The van der Waals surface area contributed by atoms with Crippen molar-refractivity contribution in [2.45, 2.75) is 31.7 Å². The van der Waals surface area contributed by atoms with Gasteiger partial charge in [-0.25, -0.2) is 4.79 Å². The van der Waals surface area contributed by atoms with E-state index >= 15 is 0 Å². The molecule has 1 aliphatic heterocycles. The second-order valence-electron chi connectivity index (χ2n) is 5.42. The van der Waals surface area contributed by atoms with Crippen LogP contribution in [0.1, 0.15) is 24.7 Å². The number of nitrogens with one attached hydrogen (secondary N) is 1. The van der Waals surface area contributed by atoms with Crippen LogP contribution in [-0.4, -0.2) is 50.5 Å². The highest BCUT2D eigenvalue weighted by Gasteiger charge is 2.38. The molecule has 0 radical (unpaired) electrons. The molecule has 1 atom stereocenters. The van der Waals surface area contributed by atoms with Crippen LogP contribution in [0.4, 0.5) is 13.2 Å². The third kappa shape index (κ3) is 7.30. The van der Waals surface area contributed by atoms with Gasteiger partial charge in [0.25, 0.3) is 0 Å². The number of nitrogens with zero attached hydrogens (tertiary/aromatic N) is 2. The van der Waals surface area contributed by atoms with Gasteiger partial charge in [-0.05, 0) is 37.6 Å². The number of thioether (sulfide) groups is 1. The number of carbonyl (C=O) groups is 2. The molecule has 10 heteroatoms. The largest absolute Gasteiger partial charge is 0.490 e. The van der Waals surface area contributed by atoms with Gasteiger partial charge in [0.15, 0.2) is 5.12 Å². The van der Waals surface area contributed by atoms with Crippen molar-refractivity contribution in [2.24, 2.45) is 7.05 Å².